The molecule has 2 rings (SSSR count). The van der Waals surface area contributed by atoms with Crippen LogP contribution in [0.5, 0.6) is 0 Å². The van der Waals surface area contributed by atoms with Gasteiger partial charge in [0.25, 0.3) is 0 Å². The molecule has 2 N–H and O–H groups in total. The molecule has 0 bridgehead atoms. The number of aryl methyl sites for hydroxylation is 1. The Morgan fingerprint density at radius 2 is 2.33 bits per heavy atom. The number of carboxylic acids is 1. The highest BCUT2D eigenvalue weighted by Crippen LogP contribution is 2.29. The van der Waals surface area contributed by atoms with Crippen LogP contribution in [0.25, 0.3) is 0 Å². The van der Waals surface area contributed by atoms with Crippen molar-refractivity contribution in [2.45, 2.75) is 32.2 Å². The summed E-state index contributed by atoms with van der Waals surface area (Å²) in [7, 11) is 1.83. The van der Waals surface area contributed by atoms with E-state index in [-0.39, 0.29) is 11.8 Å². The maximum Gasteiger partial charge on any atom is 0.306 e. The van der Waals surface area contributed by atoms with Crippen molar-refractivity contribution in [3.05, 3.63) is 11.9 Å². The zero-order valence-corrected chi connectivity index (χ0v) is 10.7. The van der Waals surface area contributed by atoms with Gasteiger partial charge in [0.1, 0.15) is 0 Å². The molecule has 6 nitrogen and oxygen atoms in total. The molecule has 18 heavy (non-hydrogen) atoms. The van der Waals surface area contributed by atoms with Crippen molar-refractivity contribution < 1.29 is 9.90 Å². The summed E-state index contributed by atoms with van der Waals surface area (Å²) in [5, 5.41) is 20.3. The van der Waals surface area contributed by atoms with Crippen molar-refractivity contribution in [1.29, 1.82) is 0 Å². The van der Waals surface area contributed by atoms with E-state index in [1.54, 1.807) is 4.68 Å². The smallest absolute Gasteiger partial charge is 0.306 e. The second-order valence-electron chi connectivity index (χ2n) is 5.00. The second-order valence-corrected chi connectivity index (χ2v) is 5.00. The number of rotatable bonds is 5. The van der Waals surface area contributed by atoms with Gasteiger partial charge in [-0.15, -0.1) is 5.10 Å². The predicted octanol–water partition coefficient (Wildman–Crippen LogP) is 0.796. The number of hydrogen-bond acceptors (Lipinski definition) is 4. The number of hydrogen-bond donors (Lipinski definition) is 2. The van der Waals surface area contributed by atoms with E-state index >= 15 is 0 Å². The Bertz CT molecular complexity index is 405. The van der Waals surface area contributed by atoms with Gasteiger partial charge in [0.2, 0.25) is 0 Å². The maximum atomic E-state index is 11.1. The van der Waals surface area contributed by atoms with Crippen LogP contribution in [0.1, 0.15) is 31.4 Å². The van der Waals surface area contributed by atoms with Gasteiger partial charge in [0.15, 0.2) is 0 Å². The van der Waals surface area contributed by atoms with Gasteiger partial charge in [0.05, 0.1) is 11.6 Å². The van der Waals surface area contributed by atoms with E-state index in [1.807, 2.05) is 13.2 Å². The number of carboxylic acid groups (broad SMARTS) is 1. The number of aliphatic carboxylic acids is 1. The Labute approximate surface area is 106 Å². The summed E-state index contributed by atoms with van der Waals surface area (Å²) in [5.41, 5.74) is 0.889. The minimum absolute atomic E-state index is 0.187. The van der Waals surface area contributed by atoms with Crippen LogP contribution in [0, 0.1) is 11.8 Å². The van der Waals surface area contributed by atoms with Gasteiger partial charge in [-0.25, -0.2) is 0 Å². The van der Waals surface area contributed by atoms with E-state index in [0.717, 1.165) is 37.9 Å². The summed E-state index contributed by atoms with van der Waals surface area (Å²) in [5.74, 6) is -0.595. The lowest BCUT2D eigenvalue weighted by molar-refractivity contribution is -0.144. The molecule has 1 aromatic rings. The molecule has 1 saturated carbocycles. The molecule has 0 radical (unpaired) electrons. The normalized spacial score (nSPS) is 24.1. The number of aromatic nitrogens is 3. The number of nitrogens with one attached hydrogen (secondary N) is 1. The third-order valence-electron chi connectivity index (χ3n) is 3.59. The van der Waals surface area contributed by atoms with Crippen LogP contribution in [-0.4, -0.2) is 32.6 Å². The summed E-state index contributed by atoms with van der Waals surface area (Å²) in [6.45, 7) is 1.39. The van der Waals surface area contributed by atoms with Crippen LogP contribution in [0.4, 0.5) is 0 Å². The highest BCUT2D eigenvalue weighted by atomic mass is 16.4. The Kier molecular flexibility index (Phi) is 4.30. The molecule has 0 saturated heterocycles. The predicted molar refractivity (Wildman–Crippen MR) is 65.8 cm³/mol. The Hall–Kier alpha value is -1.43. The van der Waals surface area contributed by atoms with Gasteiger partial charge in [-0.05, 0) is 25.3 Å². The molecule has 0 spiro atoms. The molecular formula is C12H20N4O2. The molecule has 2 unspecified atom stereocenters. The molecule has 1 heterocycles. The van der Waals surface area contributed by atoms with Crippen molar-refractivity contribution >= 4 is 5.97 Å². The molecule has 0 aromatic carbocycles. The van der Waals surface area contributed by atoms with Gasteiger partial charge in [-0.2, -0.15) is 0 Å². The Balaban J connectivity index is 1.79. The van der Waals surface area contributed by atoms with E-state index in [1.165, 1.54) is 0 Å². The molecule has 0 amide bonds. The fourth-order valence-corrected chi connectivity index (χ4v) is 2.64. The first-order chi connectivity index (χ1) is 8.66. The van der Waals surface area contributed by atoms with Gasteiger partial charge >= 0.3 is 5.97 Å². The summed E-state index contributed by atoms with van der Waals surface area (Å²) < 4.78 is 1.66. The first-order valence-corrected chi connectivity index (χ1v) is 6.45. The standard InChI is InChI=1S/C12H20N4O2/c1-16-8-10(14-15-16)7-13-6-9-4-2-3-5-11(9)12(17)18/h8-9,11,13H,2-7H2,1H3,(H,17,18). The highest BCUT2D eigenvalue weighted by molar-refractivity contribution is 5.70. The molecule has 1 aliphatic carbocycles. The van der Waals surface area contributed by atoms with Crippen molar-refractivity contribution in [2.24, 2.45) is 18.9 Å². The fraction of sp³-hybridized carbons (Fsp3) is 0.750. The zero-order valence-electron chi connectivity index (χ0n) is 10.7. The first kappa shape index (κ1) is 13.0. The molecule has 1 aromatic heterocycles. The SMILES string of the molecule is Cn1cc(CNCC2CCCCC2C(=O)O)nn1. The Morgan fingerprint density at radius 3 is 3.00 bits per heavy atom. The topological polar surface area (TPSA) is 80.0 Å². The van der Waals surface area contributed by atoms with Gasteiger partial charge < -0.3 is 10.4 Å². The van der Waals surface area contributed by atoms with E-state index in [0.29, 0.717) is 6.54 Å². The monoisotopic (exact) mass is 252 g/mol. The zero-order chi connectivity index (χ0) is 13.0. The second kappa shape index (κ2) is 5.95. The molecular weight excluding hydrogens is 232 g/mol. The number of nitrogens with zero attached hydrogens (tertiary/aromatic N) is 3. The third kappa shape index (κ3) is 3.29. The van der Waals surface area contributed by atoms with Crippen LogP contribution < -0.4 is 5.32 Å². The molecule has 100 valence electrons. The average Bonchev–Trinajstić information content (AvgIpc) is 2.75. The fourth-order valence-electron chi connectivity index (χ4n) is 2.64. The van der Waals surface area contributed by atoms with Crippen LogP contribution in [-0.2, 0) is 18.4 Å². The van der Waals surface area contributed by atoms with E-state index in [9.17, 15) is 9.90 Å². The van der Waals surface area contributed by atoms with Crippen LogP contribution in [0.2, 0.25) is 0 Å². The minimum atomic E-state index is -0.652. The van der Waals surface area contributed by atoms with Crippen LogP contribution in [0.15, 0.2) is 6.20 Å². The lowest BCUT2D eigenvalue weighted by Crippen LogP contribution is -2.34. The largest absolute Gasteiger partial charge is 0.481 e. The van der Waals surface area contributed by atoms with Gasteiger partial charge in [0, 0.05) is 19.8 Å². The minimum Gasteiger partial charge on any atom is -0.481 e. The number of carbonyl (C=O) groups is 1. The van der Waals surface area contributed by atoms with Crippen LogP contribution in [0.3, 0.4) is 0 Å². The van der Waals surface area contributed by atoms with E-state index in [4.69, 9.17) is 0 Å². The first-order valence-electron chi connectivity index (χ1n) is 6.45. The van der Waals surface area contributed by atoms with Crippen molar-refractivity contribution in [1.82, 2.24) is 20.3 Å². The Morgan fingerprint density at radius 1 is 1.56 bits per heavy atom. The summed E-state index contributed by atoms with van der Waals surface area (Å²) >= 11 is 0. The molecule has 2 atom stereocenters. The van der Waals surface area contributed by atoms with Crippen LogP contribution >= 0.6 is 0 Å². The molecule has 0 aliphatic heterocycles. The summed E-state index contributed by atoms with van der Waals surface area (Å²) in [6.07, 6.45) is 5.86. The van der Waals surface area contributed by atoms with Gasteiger partial charge in [-0.3, -0.25) is 9.48 Å². The van der Waals surface area contributed by atoms with E-state index < -0.39 is 5.97 Å². The summed E-state index contributed by atoms with van der Waals surface area (Å²) in [4.78, 5) is 11.1. The molecule has 1 fully saturated rings. The summed E-state index contributed by atoms with van der Waals surface area (Å²) in [6, 6.07) is 0. The maximum absolute atomic E-state index is 11.1. The van der Waals surface area contributed by atoms with Crippen molar-refractivity contribution in [3.63, 3.8) is 0 Å². The average molecular weight is 252 g/mol. The highest BCUT2D eigenvalue weighted by Gasteiger charge is 2.30. The molecule has 1 aliphatic rings. The van der Waals surface area contributed by atoms with E-state index in [2.05, 4.69) is 15.6 Å². The quantitative estimate of drug-likeness (QED) is 0.810. The molecule has 6 heteroatoms. The third-order valence-corrected chi connectivity index (χ3v) is 3.59. The van der Waals surface area contributed by atoms with Crippen molar-refractivity contribution in [2.75, 3.05) is 6.54 Å². The lowest BCUT2D eigenvalue weighted by atomic mass is 9.79. The van der Waals surface area contributed by atoms with Crippen molar-refractivity contribution in [3.8, 4) is 0 Å². The van der Waals surface area contributed by atoms with Gasteiger partial charge in [-0.1, -0.05) is 18.1 Å². The lowest BCUT2D eigenvalue weighted by Gasteiger charge is -2.28.